The molecule has 1 aliphatic rings. The van der Waals surface area contributed by atoms with Crippen LogP contribution in [-0.4, -0.2) is 45.0 Å². The Morgan fingerprint density at radius 3 is 2.45 bits per heavy atom. The largest absolute Gasteiger partial charge is 0.381 e. The Balaban J connectivity index is 1.92. The van der Waals surface area contributed by atoms with Gasteiger partial charge in [-0.05, 0) is 38.1 Å². The molecule has 0 spiro atoms. The highest BCUT2D eigenvalue weighted by atomic mass is 19.3. The maximum atomic E-state index is 14.3. The summed E-state index contributed by atoms with van der Waals surface area (Å²) in [6.45, 7) is 3.08. The van der Waals surface area contributed by atoms with Crippen molar-refractivity contribution in [2.24, 2.45) is 5.92 Å². The first-order valence-corrected chi connectivity index (χ1v) is 9.22. The van der Waals surface area contributed by atoms with Crippen molar-refractivity contribution in [3.63, 3.8) is 0 Å². The quantitative estimate of drug-likeness (QED) is 0.780. The second-order valence-electron chi connectivity index (χ2n) is 7.99. The van der Waals surface area contributed by atoms with Gasteiger partial charge in [0.1, 0.15) is 17.2 Å². The van der Waals surface area contributed by atoms with Crippen LogP contribution in [0.5, 0.6) is 0 Å². The summed E-state index contributed by atoms with van der Waals surface area (Å²) < 4.78 is 55.7. The molecule has 1 aromatic carbocycles. The summed E-state index contributed by atoms with van der Waals surface area (Å²) in [4.78, 5) is 17.9. The third-order valence-electron chi connectivity index (χ3n) is 5.19. The van der Waals surface area contributed by atoms with Crippen LogP contribution >= 0.6 is 0 Å². The molecule has 0 saturated carbocycles. The number of likely N-dealkylation sites (tertiary alicyclic amines) is 1. The molecule has 8 heteroatoms. The Labute approximate surface area is 166 Å². The van der Waals surface area contributed by atoms with Crippen LogP contribution in [0.4, 0.5) is 17.6 Å². The molecule has 1 aliphatic heterocycles. The molecule has 2 heterocycles. The number of hydrogen-bond acceptors (Lipinski definition) is 3. The van der Waals surface area contributed by atoms with Crippen LogP contribution in [0.25, 0.3) is 11.3 Å². The van der Waals surface area contributed by atoms with Crippen LogP contribution in [0.1, 0.15) is 26.5 Å². The maximum Gasteiger partial charge on any atom is 0.269 e. The molecular formula is C21H22F4N2O2. The standard InChI is InChI=1S/C21H22F4N2O2/c1-12-18(27(11-21(12,24)25)19(28)20(2,3)29)10-16-5-4-6-17(26-16)13-7-14(22)9-15(23)8-13/h4-9,12,18,29H,10-11H2,1-3H3/t12-,18+/m1/s1. The minimum absolute atomic E-state index is 0.0181. The van der Waals surface area contributed by atoms with Crippen molar-refractivity contribution in [2.75, 3.05) is 6.54 Å². The van der Waals surface area contributed by atoms with Gasteiger partial charge in [-0.25, -0.2) is 17.6 Å². The third-order valence-corrected chi connectivity index (χ3v) is 5.19. The first-order chi connectivity index (χ1) is 13.4. The number of amides is 1. The van der Waals surface area contributed by atoms with Gasteiger partial charge in [-0.15, -0.1) is 0 Å². The highest BCUT2D eigenvalue weighted by Gasteiger charge is 2.54. The number of rotatable bonds is 4. The van der Waals surface area contributed by atoms with Gasteiger partial charge in [-0.1, -0.05) is 13.0 Å². The highest BCUT2D eigenvalue weighted by Crippen LogP contribution is 2.40. The summed E-state index contributed by atoms with van der Waals surface area (Å²) >= 11 is 0. The number of aromatic nitrogens is 1. The van der Waals surface area contributed by atoms with E-state index in [0.717, 1.165) is 23.1 Å². The Morgan fingerprint density at radius 1 is 1.24 bits per heavy atom. The molecule has 2 aromatic rings. The van der Waals surface area contributed by atoms with Crippen LogP contribution < -0.4 is 0 Å². The number of halogens is 4. The molecule has 1 amide bonds. The Kier molecular flexibility index (Phi) is 5.42. The maximum absolute atomic E-state index is 14.3. The molecule has 1 fully saturated rings. The fourth-order valence-corrected chi connectivity index (χ4v) is 3.57. The average molecular weight is 410 g/mol. The smallest absolute Gasteiger partial charge is 0.269 e. The zero-order chi connectivity index (χ0) is 21.6. The van der Waals surface area contributed by atoms with E-state index in [1.54, 1.807) is 18.2 Å². The molecule has 0 aliphatic carbocycles. The van der Waals surface area contributed by atoms with Gasteiger partial charge >= 0.3 is 0 Å². The van der Waals surface area contributed by atoms with Gasteiger partial charge in [-0.2, -0.15) is 0 Å². The van der Waals surface area contributed by atoms with E-state index in [1.807, 2.05) is 0 Å². The molecule has 4 nitrogen and oxygen atoms in total. The Bertz CT molecular complexity index is 907. The van der Waals surface area contributed by atoms with E-state index in [4.69, 9.17) is 0 Å². The van der Waals surface area contributed by atoms with Crippen molar-refractivity contribution in [1.82, 2.24) is 9.88 Å². The zero-order valence-electron chi connectivity index (χ0n) is 16.3. The van der Waals surface area contributed by atoms with Crippen LogP contribution in [0, 0.1) is 17.6 Å². The van der Waals surface area contributed by atoms with Gasteiger partial charge < -0.3 is 10.0 Å². The molecule has 156 valence electrons. The Hall–Kier alpha value is -2.48. The van der Waals surface area contributed by atoms with Crippen molar-refractivity contribution < 1.29 is 27.5 Å². The molecule has 0 bridgehead atoms. The first-order valence-electron chi connectivity index (χ1n) is 9.22. The molecule has 0 unspecified atom stereocenters. The highest BCUT2D eigenvalue weighted by molar-refractivity contribution is 5.84. The van der Waals surface area contributed by atoms with Crippen LogP contribution in [0.3, 0.4) is 0 Å². The van der Waals surface area contributed by atoms with E-state index < -0.39 is 47.6 Å². The van der Waals surface area contributed by atoms with E-state index in [-0.39, 0.29) is 12.0 Å². The topological polar surface area (TPSA) is 53.4 Å². The number of carbonyl (C=O) groups is 1. The second-order valence-corrected chi connectivity index (χ2v) is 7.99. The molecule has 1 saturated heterocycles. The molecular weight excluding hydrogens is 388 g/mol. The van der Waals surface area contributed by atoms with Crippen molar-refractivity contribution in [3.05, 3.63) is 53.7 Å². The van der Waals surface area contributed by atoms with E-state index in [1.165, 1.54) is 20.8 Å². The van der Waals surface area contributed by atoms with Gasteiger partial charge in [0.05, 0.1) is 12.2 Å². The lowest BCUT2D eigenvalue weighted by Gasteiger charge is -2.30. The summed E-state index contributed by atoms with van der Waals surface area (Å²) in [6, 6.07) is 6.91. The van der Waals surface area contributed by atoms with Crippen molar-refractivity contribution in [1.29, 1.82) is 0 Å². The van der Waals surface area contributed by atoms with E-state index >= 15 is 0 Å². The predicted octanol–water partition coefficient (Wildman–Crippen LogP) is 3.82. The van der Waals surface area contributed by atoms with E-state index in [0.29, 0.717) is 11.4 Å². The minimum atomic E-state index is -3.10. The SMILES string of the molecule is C[C@@H]1[C@H](Cc2cccc(-c3cc(F)cc(F)c3)n2)N(C(=O)C(C)(C)O)CC1(F)F. The van der Waals surface area contributed by atoms with Crippen LogP contribution in [0.2, 0.25) is 0 Å². The first kappa shape index (κ1) is 21.2. The lowest BCUT2D eigenvalue weighted by Crippen LogP contribution is -2.49. The monoisotopic (exact) mass is 410 g/mol. The molecule has 29 heavy (non-hydrogen) atoms. The Morgan fingerprint density at radius 2 is 1.86 bits per heavy atom. The average Bonchev–Trinajstić information content (AvgIpc) is 2.83. The van der Waals surface area contributed by atoms with Gasteiger partial charge in [0.2, 0.25) is 0 Å². The number of pyridine rings is 1. The molecule has 1 aromatic heterocycles. The number of aliphatic hydroxyl groups is 1. The van der Waals surface area contributed by atoms with E-state index in [9.17, 15) is 27.5 Å². The van der Waals surface area contributed by atoms with Gasteiger partial charge in [0.25, 0.3) is 11.8 Å². The van der Waals surface area contributed by atoms with Gasteiger partial charge in [-0.3, -0.25) is 9.78 Å². The van der Waals surface area contributed by atoms with Crippen LogP contribution in [-0.2, 0) is 11.2 Å². The molecule has 0 radical (unpaired) electrons. The summed E-state index contributed by atoms with van der Waals surface area (Å²) in [5, 5.41) is 10.0. The summed E-state index contributed by atoms with van der Waals surface area (Å²) in [7, 11) is 0. The zero-order valence-corrected chi connectivity index (χ0v) is 16.3. The molecule has 1 N–H and O–H groups in total. The fourth-order valence-electron chi connectivity index (χ4n) is 3.57. The summed E-state index contributed by atoms with van der Waals surface area (Å²) in [5.41, 5.74) is -0.875. The predicted molar refractivity (Wildman–Crippen MR) is 99.2 cm³/mol. The second kappa shape index (κ2) is 7.40. The van der Waals surface area contributed by atoms with Crippen molar-refractivity contribution in [3.8, 4) is 11.3 Å². The van der Waals surface area contributed by atoms with Crippen LogP contribution in [0.15, 0.2) is 36.4 Å². The van der Waals surface area contributed by atoms with Gasteiger partial charge in [0, 0.05) is 35.7 Å². The molecule has 3 rings (SSSR count). The fraction of sp³-hybridized carbons (Fsp3) is 0.429. The molecule has 2 atom stereocenters. The number of alkyl halides is 2. The number of nitrogens with zero attached hydrogens (tertiary/aromatic N) is 2. The number of carbonyl (C=O) groups excluding carboxylic acids is 1. The number of benzene rings is 1. The normalized spacial score (nSPS) is 21.4. The number of hydrogen-bond donors (Lipinski definition) is 1. The van der Waals surface area contributed by atoms with Gasteiger partial charge in [0.15, 0.2) is 0 Å². The minimum Gasteiger partial charge on any atom is -0.381 e. The summed E-state index contributed by atoms with van der Waals surface area (Å²) in [5.74, 6) is -6.54. The van der Waals surface area contributed by atoms with Crippen molar-refractivity contribution in [2.45, 2.75) is 44.8 Å². The lowest BCUT2D eigenvalue weighted by molar-refractivity contribution is -0.149. The third kappa shape index (κ3) is 4.42. The van der Waals surface area contributed by atoms with E-state index in [2.05, 4.69) is 4.98 Å². The van der Waals surface area contributed by atoms with Crippen molar-refractivity contribution >= 4 is 5.91 Å². The lowest BCUT2D eigenvalue weighted by atomic mass is 9.95. The summed E-state index contributed by atoms with van der Waals surface area (Å²) in [6.07, 6.45) is 0.0181.